The van der Waals surface area contributed by atoms with Gasteiger partial charge in [0, 0.05) is 6.21 Å². The topological polar surface area (TPSA) is 36.1 Å². The minimum Gasteiger partial charge on any atom is -0.260 e. The van der Waals surface area contributed by atoms with E-state index in [9.17, 15) is 0 Å². The molecule has 2 heteroatoms. The summed E-state index contributed by atoms with van der Waals surface area (Å²) in [4.78, 5) is 4.20. The molecule has 0 aliphatic rings. The molecular weight excluding hydrogens is 160 g/mol. The normalized spacial score (nSPS) is 12.6. The Balaban J connectivity index is 2.64. The highest BCUT2D eigenvalue weighted by Gasteiger charge is 1.97. The fourth-order valence-corrected chi connectivity index (χ4v) is 0.920. The van der Waals surface area contributed by atoms with Crippen LogP contribution in [0.15, 0.2) is 35.3 Å². The van der Waals surface area contributed by atoms with E-state index in [1.54, 1.807) is 6.21 Å². The first-order valence-corrected chi connectivity index (χ1v) is 4.35. The Kier molecular flexibility index (Phi) is 3.72. The third kappa shape index (κ3) is 3.08. The van der Waals surface area contributed by atoms with E-state index in [1.807, 2.05) is 37.3 Å². The fourth-order valence-electron chi connectivity index (χ4n) is 0.920. The molecule has 66 valence electrons. The molecule has 0 bridgehead atoms. The Hall–Kier alpha value is -1.62. The van der Waals surface area contributed by atoms with Gasteiger partial charge >= 0.3 is 0 Å². The van der Waals surface area contributed by atoms with E-state index >= 15 is 0 Å². The molecule has 1 aromatic rings. The molecule has 0 radical (unpaired) electrons. The zero-order valence-electron chi connectivity index (χ0n) is 7.64. The van der Waals surface area contributed by atoms with Crippen molar-refractivity contribution in [2.45, 2.75) is 13.3 Å². The molecule has 0 spiro atoms. The number of aliphatic imine (C=N–C) groups is 1. The molecule has 0 fully saturated rings. The minimum atomic E-state index is -0.0693. The first-order valence-electron chi connectivity index (χ1n) is 4.35. The lowest BCUT2D eigenvalue weighted by Gasteiger charge is -1.95. The van der Waals surface area contributed by atoms with Gasteiger partial charge in [0.05, 0.1) is 17.7 Å². The van der Waals surface area contributed by atoms with Gasteiger partial charge in [-0.15, -0.1) is 0 Å². The molecule has 1 rings (SSSR count). The van der Waals surface area contributed by atoms with E-state index in [2.05, 4.69) is 11.1 Å². The average molecular weight is 172 g/mol. The van der Waals surface area contributed by atoms with Crippen molar-refractivity contribution in [3.8, 4) is 6.07 Å². The standard InChI is InChI=1S/C11H12N2/c1-2-10(8-12)9-13-11-6-4-3-5-7-11/h3-7,9-10H,2H2,1H3. The van der Waals surface area contributed by atoms with E-state index < -0.39 is 0 Å². The van der Waals surface area contributed by atoms with E-state index in [-0.39, 0.29) is 5.92 Å². The number of nitrogens with zero attached hydrogens (tertiary/aromatic N) is 2. The van der Waals surface area contributed by atoms with E-state index in [1.165, 1.54) is 0 Å². The predicted octanol–water partition coefficient (Wildman–Crippen LogP) is 2.94. The van der Waals surface area contributed by atoms with Crippen molar-refractivity contribution < 1.29 is 0 Å². The summed E-state index contributed by atoms with van der Waals surface area (Å²) in [6, 6.07) is 11.8. The van der Waals surface area contributed by atoms with Gasteiger partial charge in [0.1, 0.15) is 0 Å². The number of benzene rings is 1. The van der Waals surface area contributed by atoms with Gasteiger partial charge in [0.15, 0.2) is 0 Å². The van der Waals surface area contributed by atoms with Crippen molar-refractivity contribution in [1.29, 1.82) is 5.26 Å². The molecule has 1 unspecified atom stereocenters. The van der Waals surface area contributed by atoms with Crippen LogP contribution in [0.5, 0.6) is 0 Å². The van der Waals surface area contributed by atoms with E-state index in [4.69, 9.17) is 5.26 Å². The zero-order valence-corrected chi connectivity index (χ0v) is 7.64. The summed E-state index contributed by atoms with van der Waals surface area (Å²) in [6.07, 6.45) is 2.52. The Morgan fingerprint density at radius 1 is 1.46 bits per heavy atom. The number of para-hydroxylation sites is 1. The average Bonchev–Trinajstić information content (AvgIpc) is 2.21. The molecule has 0 amide bonds. The lowest BCUT2D eigenvalue weighted by Crippen LogP contribution is -1.94. The maximum Gasteiger partial charge on any atom is 0.0813 e. The van der Waals surface area contributed by atoms with Crippen LogP contribution >= 0.6 is 0 Å². The number of nitriles is 1. The van der Waals surface area contributed by atoms with Crippen LogP contribution in [0.2, 0.25) is 0 Å². The third-order valence-electron chi connectivity index (χ3n) is 1.77. The summed E-state index contributed by atoms with van der Waals surface area (Å²) in [5.41, 5.74) is 0.899. The molecule has 2 nitrogen and oxygen atoms in total. The van der Waals surface area contributed by atoms with Gasteiger partial charge in [-0.3, -0.25) is 4.99 Å². The highest BCUT2D eigenvalue weighted by Crippen LogP contribution is 2.10. The van der Waals surface area contributed by atoms with Crippen molar-refractivity contribution in [1.82, 2.24) is 0 Å². The second kappa shape index (κ2) is 5.10. The molecular formula is C11H12N2. The zero-order chi connectivity index (χ0) is 9.52. The van der Waals surface area contributed by atoms with Gasteiger partial charge in [-0.2, -0.15) is 5.26 Å². The summed E-state index contributed by atoms with van der Waals surface area (Å²) < 4.78 is 0. The molecule has 1 atom stereocenters. The maximum atomic E-state index is 8.66. The minimum absolute atomic E-state index is 0.0693. The summed E-state index contributed by atoms with van der Waals surface area (Å²) in [5, 5.41) is 8.66. The van der Waals surface area contributed by atoms with Crippen LogP contribution in [-0.2, 0) is 0 Å². The van der Waals surface area contributed by atoms with Crippen molar-refractivity contribution >= 4 is 11.9 Å². The molecule has 0 aliphatic carbocycles. The third-order valence-corrected chi connectivity index (χ3v) is 1.77. The second-order valence-corrected chi connectivity index (χ2v) is 2.76. The predicted molar refractivity (Wildman–Crippen MR) is 54.0 cm³/mol. The summed E-state index contributed by atoms with van der Waals surface area (Å²) in [6.45, 7) is 1.98. The SMILES string of the molecule is CCC(C#N)C=Nc1ccccc1. The van der Waals surface area contributed by atoms with Crippen molar-refractivity contribution in [2.24, 2.45) is 10.9 Å². The molecule has 0 aromatic heterocycles. The summed E-state index contributed by atoms with van der Waals surface area (Å²) >= 11 is 0. The van der Waals surface area contributed by atoms with Crippen molar-refractivity contribution in [3.63, 3.8) is 0 Å². The van der Waals surface area contributed by atoms with Crippen LogP contribution in [-0.4, -0.2) is 6.21 Å². The van der Waals surface area contributed by atoms with Gasteiger partial charge in [0.25, 0.3) is 0 Å². The highest BCUT2D eigenvalue weighted by molar-refractivity contribution is 5.68. The molecule has 13 heavy (non-hydrogen) atoms. The summed E-state index contributed by atoms with van der Waals surface area (Å²) in [5.74, 6) is -0.0693. The second-order valence-electron chi connectivity index (χ2n) is 2.76. The van der Waals surface area contributed by atoms with Gasteiger partial charge in [-0.1, -0.05) is 25.1 Å². The number of rotatable bonds is 3. The van der Waals surface area contributed by atoms with Crippen LogP contribution in [0.25, 0.3) is 0 Å². The highest BCUT2D eigenvalue weighted by atomic mass is 14.7. The molecule has 0 N–H and O–H groups in total. The lowest BCUT2D eigenvalue weighted by atomic mass is 10.1. The molecule has 0 heterocycles. The Bertz CT molecular complexity index is 309. The van der Waals surface area contributed by atoms with Crippen LogP contribution in [0.4, 0.5) is 5.69 Å². The monoisotopic (exact) mass is 172 g/mol. The van der Waals surface area contributed by atoms with E-state index in [0.29, 0.717) is 0 Å². The molecule has 1 aromatic carbocycles. The Labute approximate surface area is 78.5 Å². The van der Waals surface area contributed by atoms with E-state index in [0.717, 1.165) is 12.1 Å². The largest absolute Gasteiger partial charge is 0.260 e. The van der Waals surface area contributed by atoms with Crippen LogP contribution < -0.4 is 0 Å². The summed E-state index contributed by atoms with van der Waals surface area (Å²) in [7, 11) is 0. The van der Waals surface area contributed by atoms with Crippen LogP contribution in [0.1, 0.15) is 13.3 Å². The first-order chi connectivity index (χ1) is 6.36. The maximum absolute atomic E-state index is 8.66. The van der Waals surface area contributed by atoms with Gasteiger partial charge < -0.3 is 0 Å². The number of hydrogen-bond donors (Lipinski definition) is 0. The molecule has 0 saturated heterocycles. The Morgan fingerprint density at radius 3 is 2.69 bits per heavy atom. The van der Waals surface area contributed by atoms with Crippen molar-refractivity contribution in [3.05, 3.63) is 30.3 Å². The van der Waals surface area contributed by atoms with Crippen LogP contribution in [0.3, 0.4) is 0 Å². The Morgan fingerprint density at radius 2 is 2.15 bits per heavy atom. The van der Waals surface area contributed by atoms with Gasteiger partial charge in [-0.25, -0.2) is 0 Å². The lowest BCUT2D eigenvalue weighted by molar-refractivity contribution is 0.845. The number of hydrogen-bond acceptors (Lipinski definition) is 2. The van der Waals surface area contributed by atoms with Gasteiger partial charge in [0.2, 0.25) is 0 Å². The fraction of sp³-hybridized carbons (Fsp3) is 0.273. The van der Waals surface area contributed by atoms with Gasteiger partial charge in [-0.05, 0) is 18.6 Å². The quantitative estimate of drug-likeness (QED) is 0.646. The van der Waals surface area contributed by atoms with Crippen LogP contribution in [0, 0.1) is 17.2 Å². The smallest absolute Gasteiger partial charge is 0.0813 e. The molecule has 0 saturated carbocycles. The van der Waals surface area contributed by atoms with Crippen molar-refractivity contribution in [2.75, 3.05) is 0 Å². The first kappa shape index (κ1) is 9.47. The molecule has 0 aliphatic heterocycles.